The van der Waals surface area contributed by atoms with Crippen LogP contribution in [0.2, 0.25) is 0 Å². The monoisotopic (exact) mass is 196 g/mol. The predicted octanol–water partition coefficient (Wildman–Crippen LogP) is 2.23. The molecular weight excluding hydrogens is 176 g/mol. The van der Waals surface area contributed by atoms with Crippen molar-refractivity contribution in [1.82, 2.24) is 5.32 Å². The van der Waals surface area contributed by atoms with Crippen molar-refractivity contribution in [3.63, 3.8) is 0 Å². The molecule has 0 aromatic carbocycles. The number of nitrogens with zero attached hydrogens (tertiary/aromatic N) is 1. The fourth-order valence-electron chi connectivity index (χ4n) is 1.32. The van der Waals surface area contributed by atoms with Crippen LogP contribution in [0.1, 0.15) is 46.5 Å². The number of amides is 1. The van der Waals surface area contributed by atoms with Gasteiger partial charge >= 0.3 is 0 Å². The zero-order valence-corrected chi connectivity index (χ0v) is 9.34. The van der Waals surface area contributed by atoms with Crippen LogP contribution in [0.4, 0.5) is 0 Å². The Labute approximate surface area is 86.5 Å². The highest BCUT2D eigenvalue weighted by molar-refractivity contribution is 5.76. The van der Waals surface area contributed by atoms with E-state index < -0.39 is 0 Å². The van der Waals surface area contributed by atoms with Crippen LogP contribution in [-0.4, -0.2) is 11.9 Å². The molecule has 0 aromatic rings. The number of nitriles is 1. The van der Waals surface area contributed by atoms with Crippen LogP contribution < -0.4 is 5.32 Å². The Morgan fingerprint density at radius 2 is 2.07 bits per heavy atom. The van der Waals surface area contributed by atoms with Crippen LogP contribution >= 0.6 is 0 Å². The standard InChI is InChI=1S/C11H20N2O/c1-4-5-10(8-12)6-7-11(14)13-9(2)3/h9-10H,4-7H2,1-3H3,(H,13,14). The topological polar surface area (TPSA) is 52.9 Å². The van der Waals surface area contributed by atoms with Crippen molar-refractivity contribution in [2.45, 2.75) is 52.5 Å². The summed E-state index contributed by atoms with van der Waals surface area (Å²) in [6, 6.07) is 2.42. The summed E-state index contributed by atoms with van der Waals surface area (Å²) in [5.74, 6) is 0.0919. The van der Waals surface area contributed by atoms with Crippen molar-refractivity contribution in [2.24, 2.45) is 5.92 Å². The summed E-state index contributed by atoms with van der Waals surface area (Å²) in [7, 11) is 0. The Morgan fingerprint density at radius 3 is 2.50 bits per heavy atom. The van der Waals surface area contributed by atoms with E-state index in [0.717, 1.165) is 12.8 Å². The van der Waals surface area contributed by atoms with Crippen molar-refractivity contribution >= 4 is 5.91 Å². The molecule has 0 aliphatic heterocycles. The molecule has 0 heterocycles. The second-order valence-corrected chi connectivity index (χ2v) is 3.88. The fraction of sp³-hybridized carbons (Fsp3) is 0.818. The SMILES string of the molecule is CCCC(C#N)CCC(=O)NC(C)C. The highest BCUT2D eigenvalue weighted by atomic mass is 16.1. The predicted molar refractivity (Wildman–Crippen MR) is 56.5 cm³/mol. The summed E-state index contributed by atoms with van der Waals surface area (Å²) in [5, 5.41) is 11.6. The van der Waals surface area contributed by atoms with E-state index in [1.54, 1.807) is 0 Å². The van der Waals surface area contributed by atoms with Gasteiger partial charge in [-0.2, -0.15) is 5.26 Å². The quantitative estimate of drug-likeness (QED) is 0.708. The number of nitrogens with one attached hydrogen (secondary N) is 1. The maximum Gasteiger partial charge on any atom is 0.220 e. The largest absolute Gasteiger partial charge is 0.354 e. The lowest BCUT2D eigenvalue weighted by atomic mass is 9.99. The molecule has 0 saturated carbocycles. The third kappa shape index (κ3) is 6.47. The molecule has 1 unspecified atom stereocenters. The average Bonchev–Trinajstić information content (AvgIpc) is 2.11. The molecule has 80 valence electrons. The summed E-state index contributed by atoms with van der Waals surface area (Å²) in [6.45, 7) is 5.93. The Kier molecular flexibility index (Phi) is 6.82. The average molecular weight is 196 g/mol. The second-order valence-electron chi connectivity index (χ2n) is 3.88. The Morgan fingerprint density at radius 1 is 1.43 bits per heavy atom. The number of rotatable bonds is 6. The molecule has 0 aliphatic carbocycles. The van der Waals surface area contributed by atoms with Gasteiger partial charge in [-0.1, -0.05) is 13.3 Å². The summed E-state index contributed by atoms with van der Waals surface area (Å²) < 4.78 is 0. The summed E-state index contributed by atoms with van der Waals surface area (Å²) in [6.07, 6.45) is 3.05. The van der Waals surface area contributed by atoms with Gasteiger partial charge < -0.3 is 5.32 Å². The van der Waals surface area contributed by atoms with Crippen LogP contribution in [-0.2, 0) is 4.79 Å². The first-order chi connectivity index (χ1) is 6.60. The van der Waals surface area contributed by atoms with Gasteiger partial charge in [-0.05, 0) is 26.7 Å². The second kappa shape index (κ2) is 7.37. The van der Waals surface area contributed by atoms with Gasteiger partial charge in [-0.15, -0.1) is 0 Å². The molecule has 1 atom stereocenters. The Bertz CT molecular complexity index is 206. The van der Waals surface area contributed by atoms with Crippen LogP contribution in [0.5, 0.6) is 0 Å². The van der Waals surface area contributed by atoms with E-state index in [0.29, 0.717) is 12.8 Å². The molecule has 1 N–H and O–H groups in total. The van der Waals surface area contributed by atoms with E-state index in [-0.39, 0.29) is 17.9 Å². The molecule has 0 fully saturated rings. The van der Waals surface area contributed by atoms with Gasteiger partial charge in [0.25, 0.3) is 0 Å². The van der Waals surface area contributed by atoms with Gasteiger partial charge in [-0.25, -0.2) is 0 Å². The van der Waals surface area contributed by atoms with Gasteiger partial charge in [0, 0.05) is 18.4 Å². The molecule has 14 heavy (non-hydrogen) atoms. The first-order valence-electron chi connectivity index (χ1n) is 5.29. The Balaban J connectivity index is 3.69. The maximum absolute atomic E-state index is 11.3. The zero-order valence-electron chi connectivity index (χ0n) is 9.34. The summed E-state index contributed by atoms with van der Waals surface area (Å²) >= 11 is 0. The van der Waals surface area contributed by atoms with E-state index in [1.165, 1.54) is 0 Å². The summed E-state index contributed by atoms with van der Waals surface area (Å²) in [4.78, 5) is 11.3. The molecule has 0 rings (SSSR count). The summed E-state index contributed by atoms with van der Waals surface area (Å²) in [5.41, 5.74) is 0. The molecule has 1 amide bonds. The highest BCUT2D eigenvalue weighted by Gasteiger charge is 2.09. The van der Waals surface area contributed by atoms with E-state index in [2.05, 4.69) is 18.3 Å². The molecule has 0 saturated heterocycles. The minimum atomic E-state index is 0.0397. The van der Waals surface area contributed by atoms with E-state index in [9.17, 15) is 4.79 Å². The van der Waals surface area contributed by atoms with Crippen molar-refractivity contribution in [1.29, 1.82) is 5.26 Å². The molecular formula is C11H20N2O. The van der Waals surface area contributed by atoms with Gasteiger partial charge in [0.05, 0.1) is 6.07 Å². The van der Waals surface area contributed by atoms with Gasteiger partial charge in [0.1, 0.15) is 0 Å². The zero-order chi connectivity index (χ0) is 11.0. The lowest BCUT2D eigenvalue weighted by molar-refractivity contribution is -0.121. The van der Waals surface area contributed by atoms with Crippen LogP contribution in [0.3, 0.4) is 0 Å². The number of hydrogen-bond donors (Lipinski definition) is 1. The third-order valence-corrected chi connectivity index (χ3v) is 1.99. The smallest absolute Gasteiger partial charge is 0.220 e. The first kappa shape index (κ1) is 13.0. The lowest BCUT2D eigenvalue weighted by Gasteiger charge is -2.10. The van der Waals surface area contributed by atoms with Gasteiger partial charge in [0.15, 0.2) is 0 Å². The Hall–Kier alpha value is -1.04. The lowest BCUT2D eigenvalue weighted by Crippen LogP contribution is -2.30. The van der Waals surface area contributed by atoms with E-state index >= 15 is 0 Å². The van der Waals surface area contributed by atoms with Crippen molar-refractivity contribution < 1.29 is 4.79 Å². The van der Waals surface area contributed by atoms with Crippen molar-refractivity contribution in [3.05, 3.63) is 0 Å². The molecule has 0 spiro atoms. The van der Waals surface area contributed by atoms with E-state index in [1.807, 2.05) is 13.8 Å². The number of carbonyl (C=O) groups is 1. The van der Waals surface area contributed by atoms with Gasteiger partial charge in [0.2, 0.25) is 5.91 Å². The third-order valence-electron chi connectivity index (χ3n) is 1.99. The maximum atomic E-state index is 11.3. The van der Waals surface area contributed by atoms with Crippen LogP contribution in [0.15, 0.2) is 0 Å². The molecule has 0 bridgehead atoms. The molecule has 0 radical (unpaired) electrons. The first-order valence-corrected chi connectivity index (χ1v) is 5.29. The van der Waals surface area contributed by atoms with E-state index in [4.69, 9.17) is 5.26 Å². The van der Waals surface area contributed by atoms with Crippen LogP contribution in [0.25, 0.3) is 0 Å². The minimum Gasteiger partial charge on any atom is -0.354 e. The molecule has 3 heteroatoms. The van der Waals surface area contributed by atoms with Crippen molar-refractivity contribution in [3.8, 4) is 6.07 Å². The normalized spacial score (nSPS) is 12.2. The highest BCUT2D eigenvalue weighted by Crippen LogP contribution is 2.11. The molecule has 0 aliphatic rings. The van der Waals surface area contributed by atoms with Gasteiger partial charge in [-0.3, -0.25) is 4.79 Å². The minimum absolute atomic E-state index is 0.0397. The number of carbonyl (C=O) groups excluding carboxylic acids is 1. The van der Waals surface area contributed by atoms with Crippen molar-refractivity contribution in [2.75, 3.05) is 0 Å². The number of hydrogen-bond acceptors (Lipinski definition) is 2. The van der Waals surface area contributed by atoms with Crippen LogP contribution in [0, 0.1) is 17.2 Å². The molecule has 3 nitrogen and oxygen atoms in total. The molecule has 0 aromatic heterocycles. The fourth-order valence-corrected chi connectivity index (χ4v) is 1.32.